The summed E-state index contributed by atoms with van der Waals surface area (Å²) in [5, 5.41) is 20.3. The molecule has 0 radical (unpaired) electrons. The molecule has 1 amide bonds. The zero-order valence-corrected chi connectivity index (χ0v) is 10.9. The molecule has 0 unspecified atom stereocenters. The number of rotatable bonds is 4. The van der Waals surface area contributed by atoms with Crippen LogP contribution in [0.1, 0.15) is 23.7 Å². The SMILES string of the molecule is CCC(=O)Nc1nnc(-c2ccc(C(=O)O)cc2)s1. The number of anilines is 1. The van der Waals surface area contributed by atoms with Crippen molar-refractivity contribution >= 4 is 28.3 Å². The van der Waals surface area contributed by atoms with Crippen molar-refractivity contribution in [2.24, 2.45) is 0 Å². The molecular weight excluding hydrogens is 266 g/mol. The standard InChI is InChI=1S/C12H11N3O3S/c1-2-9(16)13-12-15-14-10(19-12)7-3-5-8(6-4-7)11(17)18/h3-6H,2H2,1H3,(H,17,18)(H,13,15,16). The number of benzene rings is 1. The van der Waals surface area contributed by atoms with Crippen molar-refractivity contribution in [3.63, 3.8) is 0 Å². The van der Waals surface area contributed by atoms with Crippen molar-refractivity contribution < 1.29 is 14.7 Å². The Morgan fingerprint density at radius 3 is 2.53 bits per heavy atom. The normalized spacial score (nSPS) is 10.2. The molecule has 1 aromatic heterocycles. The van der Waals surface area contributed by atoms with Gasteiger partial charge in [-0.1, -0.05) is 30.4 Å². The first-order valence-corrected chi connectivity index (χ1v) is 6.39. The van der Waals surface area contributed by atoms with E-state index in [1.807, 2.05) is 0 Å². The molecule has 0 aliphatic heterocycles. The Morgan fingerprint density at radius 1 is 1.26 bits per heavy atom. The van der Waals surface area contributed by atoms with E-state index in [4.69, 9.17) is 5.11 Å². The second-order valence-electron chi connectivity index (χ2n) is 3.70. The van der Waals surface area contributed by atoms with E-state index < -0.39 is 5.97 Å². The average Bonchev–Trinajstić information content (AvgIpc) is 2.87. The van der Waals surface area contributed by atoms with E-state index in [-0.39, 0.29) is 11.5 Å². The molecule has 0 aliphatic rings. The summed E-state index contributed by atoms with van der Waals surface area (Å²) in [6.45, 7) is 1.75. The Balaban J connectivity index is 2.18. The largest absolute Gasteiger partial charge is 0.478 e. The minimum absolute atomic E-state index is 0.121. The highest BCUT2D eigenvalue weighted by Crippen LogP contribution is 2.26. The first-order chi connectivity index (χ1) is 9.10. The van der Waals surface area contributed by atoms with Crippen LogP contribution in [0.25, 0.3) is 10.6 Å². The number of carbonyl (C=O) groups is 2. The van der Waals surface area contributed by atoms with Crippen LogP contribution in [0.3, 0.4) is 0 Å². The Kier molecular flexibility index (Phi) is 3.86. The average molecular weight is 277 g/mol. The second kappa shape index (κ2) is 5.57. The molecule has 2 N–H and O–H groups in total. The molecule has 0 atom stereocenters. The number of amides is 1. The summed E-state index contributed by atoms with van der Waals surface area (Å²) in [7, 11) is 0. The maximum absolute atomic E-state index is 11.2. The molecule has 7 heteroatoms. The van der Waals surface area contributed by atoms with Crippen LogP contribution in [-0.4, -0.2) is 27.2 Å². The maximum Gasteiger partial charge on any atom is 0.335 e. The lowest BCUT2D eigenvalue weighted by molar-refractivity contribution is -0.115. The van der Waals surface area contributed by atoms with E-state index >= 15 is 0 Å². The Labute approximate surface area is 113 Å². The van der Waals surface area contributed by atoms with Crippen molar-refractivity contribution in [3.05, 3.63) is 29.8 Å². The summed E-state index contributed by atoms with van der Waals surface area (Å²) in [4.78, 5) is 21.9. The highest BCUT2D eigenvalue weighted by Gasteiger charge is 2.09. The third-order valence-electron chi connectivity index (χ3n) is 2.37. The fraction of sp³-hybridized carbons (Fsp3) is 0.167. The molecule has 1 heterocycles. The molecule has 0 bridgehead atoms. The lowest BCUT2D eigenvalue weighted by Crippen LogP contribution is -2.08. The fourth-order valence-corrected chi connectivity index (χ4v) is 2.12. The van der Waals surface area contributed by atoms with Crippen LogP contribution in [0.2, 0.25) is 0 Å². The van der Waals surface area contributed by atoms with Crippen molar-refractivity contribution in [2.45, 2.75) is 13.3 Å². The molecule has 0 spiro atoms. The van der Waals surface area contributed by atoms with Gasteiger partial charge in [0.25, 0.3) is 0 Å². The molecule has 0 aliphatic carbocycles. The van der Waals surface area contributed by atoms with Crippen LogP contribution in [0.5, 0.6) is 0 Å². The van der Waals surface area contributed by atoms with Crippen molar-refractivity contribution in [2.75, 3.05) is 5.32 Å². The summed E-state index contributed by atoms with van der Waals surface area (Å²) in [5.41, 5.74) is 0.979. The van der Waals surface area contributed by atoms with Crippen LogP contribution in [0.15, 0.2) is 24.3 Å². The Morgan fingerprint density at radius 2 is 1.95 bits per heavy atom. The van der Waals surface area contributed by atoms with Gasteiger partial charge in [0.15, 0.2) is 0 Å². The minimum Gasteiger partial charge on any atom is -0.478 e. The third kappa shape index (κ3) is 3.14. The van der Waals surface area contributed by atoms with Crippen LogP contribution < -0.4 is 5.32 Å². The summed E-state index contributed by atoms with van der Waals surface area (Å²) >= 11 is 1.24. The highest BCUT2D eigenvalue weighted by atomic mass is 32.1. The highest BCUT2D eigenvalue weighted by molar-refractivity contribution is 7.18. The Bertz CT molecular complexity index is 607. The number of aromatic nitrogens is 2. The number of hydrogen-bond donors (Lipinski definition) is 2. The van der Waals surface area contributed by atoms with Crippen molar-refractivity contribution in [3.8, 4) is 10.6 Å². The molecule has 0 fully saturated rings. The first kappa shape index (κ1) is 13.2. The quantitative estimate of drug-likeness (QED) is 0.894. The molecule has 2 rings (SSSR count). The van der Waals surface area contributed by atoms with E-state index in [1.165, 1.54) is 23.5 Å². The Hall–Kier alpha value is -2.28. The van der Waals surface area contributed by atoms with Gasteiger partial charge in [0, 0.05) is 12.0 Å². The molecule has 98 valence electrons. The van der Waals surface area contributed by atoms with E-state index in [0.717, 1.165) is 5.56 Å². The zero-order valence-electron chi connectivity index (χ0n) is 10.1. The van der Waals surface area contributed by atoms with E-state index in [2.05, 4.69) is 15.5 Å². The van der Waals surface area contributed by atoms with Gasteiger partial charge >= 0.3 is 5.97 Å². The number of nitrogens with one attached hydrogen (secondary N) is 1. The predicted molar refractivity (Wildman–Crippen MR) is 71.2 cm³/mol. The van der Waals surface area contributed by atoms with Gasteiger partial charge in [0.1, 0.15) is 5.01 Å². The lowest BCUT2D eigenvalue weighted by atomic mass is 10.1. The molecule has 0 saturated heterocycles. The minimum atomic E-state index is -0.972. The summed E-state index contributed by atoms with van der Waals surface area (Å²) in [6, 6.07) is 6.33. The molecule has 6 nitrogen and oxygen atoms in total. The van der Waals surface area contributed by atoms with Crippen LogP contribution in [0, 0.1) is 0 Å². The number of carboxylic acids is 1. The zero-order chi connectivity index (χ0) is 13.8. The number of carboxylic acid groups (broad SMARTS) is 1. The number of carbonyl (C=O) groups excluding carboxylic acids is 1. The van der Waals surface area contributed by atoms with Gasteiger partial charge in [-0.2, -0.15) is 0 Å². The monoisotopic (exact) mass is 277 g/mol. The topological polar surface area (TPSA) is 92.2 Å². The summed E-state index contributed by atoms with van der Waals surface area (Å²) in [5.74, 6) is -1.09. The van der Waals surface area contributed by atoms with Gasteiger partial charge in [-0.25, -0.2) is 4.79 Å². The van der Waals surface area contributed by atoms with E-state index in [9.17, 15) is 9.59 Å². The van der Waals surface area contributed by atoms with Crippen LogP contribution >= 0.6 is 11.3 Å². The molecular formula is C12H11N3O3S. The van der Waals surface area contributed by atoms with Gasteiger partial charge in [0.05, 0.1) is 5.56 Å². The van der Waals surface area contributed by atoms with Crippen LogP contribution in [-0.2, 0) is 4.79 Å². The maximum atomic E-state index is 11.2. The fourth-order valence-electron chi connectivity index (χ4n) is 1.35. The molecule has 0 saturated carbocycles. The van der Waals surface area contributed by atoms with Gasteiger partial charge in [-0.3, -0.25) is 4.79 Å². The molecule has 19 heavy (non-hydrogen) atoms. The van der Waals surface area contributed by atoms with Crippen molar-refractivity contribution in [1.29, 1.82) is 0 Å². The number of hydrogen-bond acceptors (Lipinski definition) is 5. The summed E-state index contributed by atoms with van der Waals surface area (Å²) in [6.07, 6.45) is 0.377. The third-order valence-corrected chi connectivity index (χ3v) is 3.26. The molecule has 1 aromatic carbocycles. The van der Waals surface area contributed by atoms with Gasteiger partial charge in [-0.05, 0) is 12.1 Å². The summed E-state index contributed by atoms with van der Waals surface area (Å²) < 4.78 is 0. The van der Waals surface area contributed by atoms with E-state index in [0.29, 0.717) is 16.6 Å². The van der Waals surface area contributed by atoms with Gasteiger partial charge < -0.3 is 10.4 Å². The molecule has 2 aromatic rings. The lowest BCUT2D eigenvalue weighted by Gasteiger charge is -1.97. The smallest absolute Gasteiger partial charge is 0.335 e. The first-order valence-electron chi connectivity index (χ1n) is 5.57. The number of aromatic carboxylic acids is 1. The van der Waals surface area contributed by atoms with Crippen LogP contribution in [0.4, 0.5) is 5.13 Å². The number of nitrogens with zero attached hydrogens (tertiary/aromatic N) is 2. The van der Waals surface area contributed by atoms with Gasteiger partial charge in [0.2, 0.25) is 11.0 Å². The van der Waals surface area contributed by atoms with E-state index in [1.54, 1.807) is 19.1 Å². The van der Waals surface area contributed by atoms with Gasteiger partial charge in [-0.15, -0.1) is 10.2 Å². The predicted octanol–water partition coefficient (Wildman–Crippen LogP) is 2.25. The second-order valence-corrected chi connectivity index (χ2v) is 4.67. The van der Waals surface area contributed by atoms with Crippen molar-refractivity contribution in [1.82, 2.24) is 10.2 Å².